The Balaban J connectivity index is 2.58. The Kier molecular flexibility index (Phi) is 3.55. The van der Waals surface area contributed by atoms with E-state index in [9.17, 15) is 13.2 Å². The van der Waals surface area contributed by atoms with Crippen molar-refractivity contribution in [3.63, 3.8) is 0 Å². The normalized spacial score (nSPS) is 11.7. The highest BCUT2D eigenvalue weighted by Crippen LogP contribution is 2.24. The number of fused-ring (bicyclic) bond motifs is 1. The van der Waals surface area contributed by atoms with Crippen LogP contribution in [0.1, 0.15) is 6.92 Å². The molecule has 2 aromatic rings. The Morgan fingerprint density at radius 1 is 1.11 bits per heavy atom. The molecule has 19 heavy (non-hydrogen) atoms. The van der Waals surface area contributed by atoms with Gasteiger partial charge in [-0.15, -0.1) is 4.41 Å². The maximum Gasteiger partial charge on any atom is 0.260 e. The lowest BCUT2D eigenvalue weighted by molar-refractivity contribution is -0.121. The van der Waals surface area contributed by atoms with Gasteiger partial charge >= 0.3 is 0 Å². The minimum Gasteiger partial charge on any atom is -0.276 e. The van der Waals surface area contributed by atoms with Gasteiger partial charge in [0.05, 0.1) is 4.90 Å². The van der Waals surface area contributed by atoms with Crippen molar-refractivity contribution >= 4 is 26.7 Å². The zero-order valence-corrected chi connectivity index (χ0v) is 11.4. The Morgan fingerprint density at radius 2 is 1.74 bits per heavy atom. The molecule has 0 aliphatic carbocycles. The van der Waals surface area contributed by atoms with Crippen molar-refractivity contribution in [2.45, 2.75) is 11.8 Å². The lowest BCUT2D eigenvalue weighted by Crippen LogP contribution is -2.42. The van der Waals surface area contributed by atoms with Crippen LogP contribution in [0, 0.1) is 0 Å². The minimum atomic E-state index is -3.76. The van der Waals surface area contributed by atoms with Crippen LogP contribution in [-0.2, 0) is 14.8 Å². The quantitative estimate of drug-likeness (QED) is 0.865. The van der Waals surface area contributed by atoms with Gasteiger partial charge in [0.1, 0.15) is 0 Å². The van der Waals surface area contributed by atoms with Gasteiger partial charge in [-0.25, -0.2) is 8.42 Å². The molecular formula is C13H14N2O3S. The van der Waals surface area contributed by atoms with Gasteiger partial charge in [-0.05, 0) is 11.5 Å². The first-order chi connectivity index (χ1) is 8.93. The van der Waals surface area contributed by atoms with Crippen LogP contribution in [0.15, 0.2) is 47.4 Å². The summed E-state index contributed by atoms with van der Waals surface area (Å²) in [5.74, 6) is -0.439. The Morgan fingerprint density at radius 3 is 2.42 bits per heavy atom. The summed E-state index contributed by atoms with van der Waals surface area (Å²) in [6, 6.07) is 12.2. The van der Waals surface area contributed by atoms with E-state index in [1.165, 1.54) is 20.0 Å². The summed E-state index contributed by atoms with van der Waals surface area (Å²) in [6.45, 7) is 1.26. The molecule has 0 spiro atoms. The summed E-state index contributed by atoms with van der Waals surface area (Å²) >= 11 is 0. The van der Waals surface area contributed by atoms with Crippen molar-refractivity contribution in [1.82, 2.24) is 9.84 Å². The SMILES string of the molecule is CC(=O)NN(C)S(=O)(=O)c1cccc2ccccc12. The predicted molar refractivity (Wildman–Crippen MR) is 72.7 cm³/mol. The highest BCUT2D eigenvalue weighted by Gasteiger charge is 2.23. The van der Waals surface area contributed by atoms with Gasteiger partial charge in [0.2, 0.25) is 5.91 Å². The van der Waals surface area contributed by atoms with E-state index in [0.717, 1.165) is 9.80 Å². The molecule has 0 heterocycles. The third kappa shape index (κ3) is 2.59. The molecule has 1 N–H and O–H groups in total. The zero-order valence-electron chi connectivity index (χ0n) is 10.6. The summed E-state index contributed by atoms with van der Waals surface area (Å²) in [7, 11) is -2.46. The first-order valence-corrected chi connectivity index (χ1v) is 7.11. The molecule has 100 valence electrons. The Bertz CT molecular complexity index is 720. The van der Waals surface area contributed by atoms with Crippen molar-refractivity contribution in [3.05, 3.63) is 42.5 Å². The minimum absolute atomic E-state index is 0.168. The van der Waals surface area contributed by atoms with Crippen LogP contribution in [-0.4, -0.2) is 25.8 Å². The fourth-order valence-corrected chi connectivity index (χ4v) is 3.11. The molecule has 0 saturated carbocycles. The summed E-state index contributed by atoms with van der Waals surface area (Å²) in [5, 5.41) is 1.46. The molecule has 2 aromatic carbocycles. The molecule has 1 amide bonds. The van der Waals surface area contributed by atoms with Crippen LogP contribution in [0.3, 0.4) is 0 Å². The van der Waals surface area contributed by atoms with Gasteiger partial charge < -0.3 is 0 Å². The second kappa shape index (κ2) is 4.99. The van der Waals surface area contributed by atoms with E-state index in [4.69, 9.17) is 0 Å². The Hall–Kier alpha value is -1.92. The van der Waals surface area contributed by atoms with E-state index in [1.54, 1.807) is 18.2 Å². The monoisotopic (exact) mass is 278 g/mol. The third-order valence-electron chi connectivity index (χ3n) is 2.70. The topological polar surface area (TPSA) is 66.5 Å². The highest BCUT2D eigenvalue weighted by molar-refractivity contribution is 7.89. The maximum absolute atomic E-state index is 12.4. The van der Waals surface area contributed by atoms with Crippen molar-refractivity contribution in [3.8, 4) is 0 Å². The van der Waals surface area contributed by atoms with Gasteiger partial charge in [0, 0.05) is 19.4 Å². The number of hydrogen-bond acceptors (Lipinski definition) is 3. The van der Waals surface area contributed by atoms with Crippen molar-refractivity contribution in [1.29, 1.82) is 0 Å². The van der Waals surface area contributed by atoms with Gasteiger partial charge in [0.15, 0.2) is 0 Å². The number of hydrogen-bond donors (Lipinski definition) is 1. The number of sulfonamides is 1. The number of rotatable bonds is 3. The highest BCUT2D eigenvalue weighted by atomic mass is 32.2. The van der Waals surface area contributed by atoms with Crippen LogP contribution in [0.25, 0.3) is 10.8 Å². The molecule has 0 radical (unpaired) electrons. The molecule has 0 atom stereocenters. The van der Waals surface area contributed by atoms with E-state index in [1.807, 2.05) is 18.2 Å². The molecule has 6 heteroatoms. The summed E-state index contributed by atoms with van der Waals surface area (Å²) < 4.78 is 25.6. The second-order valence-electron chi connectivity index (χ2n) is 4.12. The number of benzene rings is 2. The van der Waals surface area contributed by atoms with Crippen LogP contribution in [0.2, 0.25) is 0 Å². The zero-order chi connectivity index (χ0) is 14.0. The Labute approximate surface area is 111 Å². The van der Waals surface area contributed by atoms with Crippen LogP contribution < -0.4 is 5.43 Å². The van der Waals surface area contributed by atoms with Crippen LogP contribution in [0.5, 0.6) is 0 Å². The number of hydrazine groups is 1. The number of nitrogens with one attached hydrogen (secondary N) is 1. The molecule has 5 nitrogen and oxygen atoms in total. The number of carbonyl (C=O) groups is 1. The molecule has 0 aromatic heterocycles. The van der Waals surface area contributed by atoms with Gasteiger partial charge in [-0.2, -0.15) is 0 Å². The first kappa shape index (κ1) is 13.5. The largest absolute Gasteiger partial charge is 0.276 e. The van der Waals surface area contributed by atoms with Gasteiger partial charge in [-0.1, -0.05) is 36.4 Å². The lowest BCUT2D eigenvalue weighted by atomic mass is 10.1. The van der Waals surface area contributed by atoms with Crippen molar-refractivity contribution in [2.24, 2.45) is 0 Å². The molecule has 0 aliphatic heterocycles. The molecule has 2 rings (SSSR count). The van der Waals surface area contributed by atoms with Gasteiger partial charge in [0.25, 0.3) is 10.0 Å². The maximum atomic E-state index is 12.4. The van der Waals surface area contributed by atoms with E-state index in [0.29, 0.717) is 5.39 Å². The first-order valence-electron chi connectivity index (χ1n) is 5.67. The average molecular weight is 278 g/mol. The number of nitrogens with zero attached hydrogens (tertiary/aromatic N) is 1. The molecule has 0 bridgehead atoms. The predicted octanol–water partition coefficient (Wildman–Crippen LogP) is 1.51. The number of carbonyl (C=O) groups excluding carboxylic acids is 1. The van der Waals surface area contributed by atoms with Crippen LogP contribution in [0.4, 0.5) is 0 Å². The van der Waals surface area contributed by atoms with E-state index >= 15 is 0 Å². The second-order valence-corrected chi connectivity index (χ2v) is 6.06. The average Bonchev–Trinajstić information content (AvgIpc) is 2.37. The third-order valence-corrected chi connectivity index (χ3v) is 4.43. The molecular weight excluding hydrogens is 264 g/mol. The van der Waals surface area contributed by atoms with Crippen LogP contribution >= 0.6 is 0 Å². The molecule has 0 unspecified atom stereocenters. The summed E-state index contributed by atoms with van der Waals surface area (Å²) in [4.78, 5) is 11.1. The van der Waals surface area contributed by atoms with Crippen molar-refractivity contribution < 1.29 is 13.2 Å². The molecule has 0 aliphatic rings. The lowest BCUT2D eigenvalue weighted by Gasteiger charge is -2.18. The summed E-state index contributed by atoms with van der Waals surface area (Å²) in [6.07, 6.45) is 0. The van der Waals surface area contributed by atoms with E-state index in [2.05, 4.69) is 5.43 Å². The standard InChI is InChI=1S/C13H14N2O3S/c1-10(16)14-15(2)19(17,18)13-9-5-7-11-6-3-4-8-12(11)13/h3-9H,1-2H3,(H,14,16). The summed E-state index contributed by atoms with van der Waals surface area (Å²) in [5.41, 5.74) is 2.25. The number of amides is 1. The molecule has 0 fully saturated rings. The molecule has 0 saturated heterocycles. The fraction of sp³-hybridized carbons (Fsp3) is 0.154. The fourth-order valence-electron chi connectivity index (χ4n) is 1.85. The van der Waals surface area contributed by atoms with Gasteiger partial charge in [-0.3, -0.25) is 10.2 Å². The smallest absolute Gasteiger partial charge is 0.260 e. The van der Waals surface area contributed by atoms with E-state index in [-0.39, 0.29) is 4.90 Å². The van der Waals surface area contributed by atoms with Crippen molar-refractivity contribution in [2.75, 3.05) is 7.05 Å². The van der Waals surface area contributed by atoms with E-state index < -0.39 is 15.9 Å².